The lowest BCUT2D eigenvalue weighted by Gasteiger charge is -2.22. The molecule has 8 nitrogen and oxygen atoms in total. The number of para-hydroxylation sites is 1. The number of nitrogens with zero attached hydrogens (tertiary/aromatic N) is 5. The van der Waals surface area contributed by atoms with E-state index in [1.165, 1.54) is 0 Å². The summed E-state index contributed by atoms with van der Waals surface area (Å²) in [6.07, 6.45) is 3.86. The van der Waals surface area contributed by atoms with Crippen LogP contribution in [0.4, 0.5) is 0 Å². The highest BCUT2D eigenvalue weighted by atomic mass is 127. The largest absolute Gasteiger partial charge is 0.492 e. The van der Waals surface area contributed by atoms with Crippen molar-refractivity contribution in [1.82, 2.24) is 24.6 Å². The molecule has 2 aromatic rings. The van der Waals surface area contributed by atoms with Gasteiger partial charge in [0, 0.05) is 39.6 Å². The number of aliphatic imine (C=N–C) groups is 1. The third kappa shape index (κ3) is 6.75. The number of halogens is 1. The van der Waals surface area contributed by atoms with Crippen LogP contribution in [-0.4, -0.2) is 58.5 Å². The van der Waals surface area contributed by atoms with Crippen molar-refractivity contribution in [2.45, 2.75) is 45.7 Å². The summed E-state index contributed by atoms with van der Waals surface area (Å²) in [5, 5.41) is 7.80. The van der Waals surface area contributed by atoms with Crippen molar-refractivity contribution >= 4 is 29.9 Å². The Hall–Kier alpha value is -2.04. The lowest BCUT2D eigenvalue weighted by atomic mass is 10.2. The summed E-state index contributed by atoms with van der Waals surface area (Å²) in [4.78, 5) is 19.1. The number of hydrogen-bond acceptors (Lipinski definition) is 4. The molecule has 2 heterocycles. The minimum Gasteiger partial charge on any atom is -0.492 e. The van der Waals surface area contributed by atoms with E-state index in [9.17, 15) is 4.79 Å². The molecule has 0 saturated heterocycles. The van der Waals surface area contributed by atoms with Crippen molar-refractivity contribution in [2.24, 2.45) is 4.99 Å². The Labute approximate surface area is 195 Å². The van der Waals surface area contributed by atoms with Gasteiger partial charge in [-0.2, -0.15) is 5.10 Å². The van der Waals surface area contributed by atoms with Gasteiger partial charge in [0.05, 0.1) is 6.54 Å². The summed E-state index contributed by atoms with van der Waals surface area (Å²) in [6, 6.07) is 9.81. The minimum absolute atomic E-state index is 0. The van der Waals surface area contributed by atoms with Crippen LogP contribution in [0.5, 0.6) is 5.75 Å². The maximum absolute atomic E-state index is 12.4. The van der Waals surface area contributed by atoms with Crippen LogP contribution in [0.1, 0.15) is 32.0 Å². The fourth-order valence-corrected chi connectivity index (χ4v) is 3.39. The Morgan fingerprint density at radius 3 is 2.83 bits per heavy atom. The third-order valence-electron chi connectivity index (χ3n) is 4.96. The molecule has 0 amide bonds. The Morgan fingerprint density at radius 1 is 1.30 bits per heavy atom. The number of hydrogen-bond donors (Lipinski definition) is 1. The van der Waals surface area contributed by atoms with Crippen LogP contribution in [0.2, 0.25) is 0 Å². The molecule has 0 radical (unpaired) electrons. The summed E-state index contributed by atoms with van der Waals surface area (Å²) >= 11 is 0. The predicted octanol–water partition coefficient (Wildman–Crippen LogP) is 2.37. The number of ether oxygens (including phenoxy) is 1. The molecule has 0 fully saturated rings. The molecule has 1 aromatic carbocycles. The van der Waals surface area contributed by atoms with Crippen LogP contribution < -0.4 is 15.7 Å². The highest BCUT2D eigenvalue weighted by molar-refractivity contribution is 14.0. The minimum atomic E-state index is 0. The Kier molecular flexibility index (Phi) is 10.2. The van der Waals surface area contributed by atoms with E-state index >= 15 is 0 Å². The highest BCUT2D eigenvalue weighted by Crippen LogP contribution is 2.09. The number of guanidine groups is 1. The van der Waals surface area contributed by atoms with Gasteiger partial charge in [-0.15, -0.1) is 24.0 Å². The summed E-state index contributed by atoms with van der Waals surface area (Å²) in [6.45, 7) is 6.21. The van der Waals surface area contributed by atoms with Gasteiger partial charge in [-0.05, 0) is 38.3 Å². The second-order valence-corrected chi connectivity index (χ2v) is 7.20. The van der Waals surface area contributed by atoms with Gasteiger partial charge < -0.3 is 15.0 Å². The quantitative estimate of drug-likeness (QED) is 0.234. The second kappa shape index (κ2) is 12.6. The molecule has 30 heavy (non-hydrogen) atoms. The molecule has 0 saturated carbocycles. The molecule has 0 atom stereocenters. The fraction of sp³-hybridized carbons (Fsp3) is 0.571. The first kappa shape index (κ1) is 24.2. The van der Waals surface area contributed by atoms with Gasteiger partial charge in [-0.3, -0.25) is 9.56 Å². The van der Waals surface area contributed by atoms with Crippen LogP contribution >= 0.6 is 24.0 Å². The molecule has 166 valence electrons. The molecular formula is C21H33IN6O2. The molecule has 1 aliphatic heterocycles. The standard InChI is InChI=1S/C21H32N6O2.HI/c1-3-22-20(25(2)16-17-29-18-10-5-4-6-11-18)23-13-9-15-27-21(28)26-14-8-7-12-19(26)24-27;/h4-6,10-11H,3,7-9,12-17H2,1-2H3,(H,22,23);1H. The van der Waals surface area contributed by atoms with Gasteiger partial charge in [-0.1, -0.05) is 18.2 Å². The molecule has 1 aromatic heterocycles. The first-order valence-electron chi connectivity index (χ1n) is 10.5. The Balaban J connectivity index is 0.00000320. The van der Waals surface area contributed by atoms with E-state index in [0.29, 0.717) is 19.7 Å². The van der Waals surface area contributed by atoms with Crippen molar-refractivity contribution in [3.8, 4) is 5.75 Å². The lowest BCUT2D eigenvalue weighted by Crippen LogP contribution is -2.41. The van der Waals surface area contributed by atoms with E-state index in [1.807, 2.05) is 41.9 Å². The third-order valence-corrected chi connectivity index (χ3v) is 4.96. The van der Waals surface area contributed by atoms with E-state index in [1.54, 1.807) is 4.68 Å². The van der Waals surface area contributed by atoms with Crippen molar-refractivity contribution < 1.29 is 4.74 Å². The van der Waals surface area contributed by atoms with Crippen LogP contribution in [-0.2, 0) is 19.5 Å². The first-order valence-corrected chi connectivity index (χ1v) is 10.5. The SMILES string of the molecule is CCNC(=NCCCn1nc2n(c1=O)CCCC2)N(C)CCOc1ccccc1.I. The van der Waals surface area contributed by atoms with Gasteiger partial charge in [-0.25, -0.2) is 9.48 Å². The van der Waals surface area contributed by atoms with E-state index in [2.05, 4.69) is 22.2 Å². The molecule has 3 rings (SSSR count). The number of benzene rings is 1. The summed E-state index contributed by atoms with van der Waals surface area (Å²) < 4.78 is 9.18. The van der Waals surface area contributed by atoms with Crippen LogP contribution in [0.3, 0.4) is 0 Å². The fourth-order valence-electron chi connectivity index (χ4n) is 3.39. The molecule has 0 bridgehead atoms. The Morgan fingerprint density at radius 2 is 2.10 bits per heavy atom. The van der Waals surface area contributed by atoms with Crippen molar-refractivity contribution in [3.05, 3.63) is 46.6 Å². The number of likely N-dealkylation sites (N-methyl/N-ethyl adjacent to an activating group) is 1. The number of nitrogens with one attached hydrogen (secondary N) is 1. The van der Waals surface area contributed by atoms with Gasteiger partial charge in [0.1, 0.15) is 18.2 Å². The van der Waals surface area contributed by atoms with Crippen molar-refractivity contribution in [3.63, 3.8) is 0 Å². The summed E-state index contributed by atoms with van der Waals surface area (Å²) in [7, 11) is 2.00. The van der Waals surface area contributed by atoms with Gasteiger partial charge in [0.25, 0.3) is 0 Å². The number of aryl methyl sites for hydroxylation is 2. The van der Waals surface area contributed by atoms with Gasteiger partial charge >= 0.3 is 5.69 Å². The molecular weight excluding hydrogens is 495 g/mol. The van der Waals surface area contributed by atoms with Gasteiger partial charge in [0.15, 0.2) is 5.96 Å². The molecule has 1 aliphatic rings. The van der Waals surface area contributed by atoms with Crippen molar-refractivity contribution in [2.75, 3.05) is 33.3 Å². The van der Waals surface area contributed by atoms with Crippen LogP contribution in [0.25, 0.3) is 0 Å². The predicted molar refractivity (Wildman–Crippen MR) is 130 cm³/mol. The van der Waals surface area contributed by atoms with E-state index < -0.39 is 0 Å². The molecule has 0 aliphatic carbocycles. The van der Waals surface area contributed by atoms with Gasteiger partial charge in [0.2, 0.25) is 0 Å². The normalized spacial score (nSPS) is 13.3. The van der Waals surface area contributed by atoms with Crippen LogP contribution in [0, 0.1) is 0 Å². The topological polar surface area (TPSA) is 76.7 Å². The molecule has 9 heteroatoms. The first-order chi connectivity index (χ1) is 14.2. The molecule has 0 unspecified atom stereocenters. The Bertz CT molecular complexity index is 849. The highest BCUT2D eigenvalue weighted by Gasteiger charge is 2.16. The van der Waals surface area contributed by atoms with Crippen molar-refractivity contribution in [1.29, 1.82) is 0 Å². The van der Waals surface area contributed by atoms with Crippen LogP contribution in [0.15, 0.2) is 40.1 Å². The zero-order valence-electron chi connectivity index (χ0n) is 17.9. The number of fused-ring (bicyclic) bond motifs is 1. The number of rotatable bonds is 9. The number of aromatic nitrogens is 3. The smallest absolute Gasteiger partial charge is 0.345 e. The average Bonchev–Trinajstić information content (AvgIpc) is 3.07. The zero-order valence-corrected chi connectivity index (χ0v) is 20.2. The second-order valence-electron chi connectivity index (χ2n) is 7.20. The lowest BCUT2D eigenvalue weighted by molar-refractivity contribution is 0.281. The van der Waals surface area contributed by atoms with E-state index in [4.69, 9.17) is 9.73 Å². The van der Waals surface area contributed by atoms with E-state index in [0.717, 1.165) is 62.9 Å². The maximum atomic E-state index is 12.4. The molecule has 0 spiro atoms. The zero-order chi connectivity index (χ0) is 20.5. The maximum Gasteiger partial charge on any atom is 0.345 e. The average molecular weight is 528 g/mol. The summed E-state index contributed by atoms with van der Waals surface area (Å²) in [5.74, 6) is 2.65. The summed E-state index contributed by atoms with van der Waals surface area (Å²) in [5.41, 5.74) is 0.0192. The monoisotopic (exact) mass is 528 g/mol. The van der Waals surface area contributed by atoms with E-state index in [-0.39, 0.29) is 29.7 Å². The molecule has 1 N–H and O–H groups in total.